The van der Waals surface area contributed by atoms with Crippen molar-refractivity contribution in [2.75, 3.05) is 11.9 Å². The fraction of sp³-hybridized carbons (Fsp3) is 0.556. The first-order valence-electron chi connectivity index (χ1n) is 7.95. The van der Waals surface area contributed by atoms with Crippen molar-refractivity contribution in [3.8, 4) is 0 Å². The van der Waals surface area contributed by atoms with E-state index in [9.17, 15) is 9.59 Å². The highest BCUT2D eigenvalue weighted by Crippen LogP contribution is 2.27. The number of nitrogens with zero attached hydrogens (tertiary/aromatic N) is 1. The Bertz CT molecular complexity index is 539. The Morgan fingerprint density at radius 2 is 1.77 bits per heavy atom. The van der Waals surface area contributed by atoms with Crippen LogP contribution in [0.1, 0.15) is 52.5 Å². The fourth-order valence-electron chi connectivity index (χ4n) is 2.48. The largest absolute Gasteiger partial charge is 0.339 e. The molecule has 0 unspecified atom stereocenters. The summed E-state index contributed by atoms with van der Waals surface area (Å²) in [5.41, 5.74) is 2.15. The van der Waals surface area contributed by atoms with E-state index in [1.165, 1.54) is 5.56 Å². The van der Waals surface area contributed by atoms with Crippen LogP contribution in [0.2, 0.25) is 0 Å². The molecule has 0 saturated heterocycles. The molecular formula is C18H26N2O2. The summed E-state index contributed by atoms with van der Waals surface area (Å²) in [5, 5.41) is 2.90. The lowest BCUT2D eigenvalue weighted by Crippen LogP contribution is -2.33. The number of carbonyl (C=O) groups is 2. The third-order valence-electron chi connectivity index (χ3n) is 4.01. The molecule has 1 aromatic carbocycles. The summed E-state index contributed by atoms with van der Waals surface area (Å²) in [6.07, 6.45) is 2.47. The molecule has 0 spiro atoms. The molecule has 0 aromatic heterocycles. The number of hydrogen-bond acceptors (Lipinski definition) is 2. The van der Waals surface area contributed by atoms with E-state index in [0.29, 0.717) is 19.0 Å². The van der Waals surface area contributed by atoms with Crippen LogP contribution in [0.5, 0.6) is 0 Å². The van der Waals surface area contributed by atoms with E-state index in [1.54, 1.807) is 6.92 Å². The van der Waals surface area contributed by atoms with Crippen molar-refractivity contribution in [3.63, 3.8) is 0 Å². The molecule has 1 fully saturated rings. The van der Waals surface area contributed by atoms with Crippen molar-refractivity contribution >= 4 is 17.5 Å². The van der Waals surface area contributed by atoms with E-state index < -0.39 is 0 Å². The first-order valence-corrected chi connectivity index (χ1v) is 7.95. The van der Waals surface area contributed by atoms with E-state index in [-0.39, 0.29) is 17.2 Å². The second kappa shape index (κ2) is 6.51. The van der Waals surface area contributed by atoms with Gasteiger partial charge in [-0.1, -0.05) is 32.9 Å². The van der Waals surface area contributed by atoms with Crippen LogP contribution in [-0.4, -0.2) is 29.3 Å². The summed E-state index contributed by atoms with van der Waals surface area (Å²) in [5.74, 6) is 0.0141. The highest BCUT2D eigenvalue weighted by molar-refractivity contribution is 5.91. The van der Waals surface area contributed by atoms with E-state index in [2.05, 4.69) is 26.1 Å². The van der Waals surface area contributed by atoms with Crippen LogP contribution in [0.15, 0.2) is 24.3 Å². The molecule has 0 aliphatic heterocycles. The Morgan fingerprint density at radius 1 is 1.18 bits per heavy atom. The zero-order valence-corrected chi connectivity index (χ0v) is 14.0. The van der Waals surface area contributed by atoms with Gasteiger partial charge in [0.2, 0.25) is 11.8 Å². The summed E-state index contributed by atoms with van der Waals surface area (Å²) >= 11 is 0. The molecular weight excluding hydrogens is 276 g/mol. The molecule has 1 aliphatic carbocycles. The predicted octanol–water partition coefficient (Wildman–Crippen LogP) is 3.32. The maximum Gasteiger partial charge on any atom is 0.226 e. The smallest absolute Gasteiger partial charge is 0.226 e. The van der Waals surface area contributed by atoms with Crippen molar-refractivity contribution in [1.82, 2.24) is 4.90 Å². The van der Waals surface area contributed by atoms with Gasteiger partial charge in [0.15, 0.2) is 0 Å². The van der Waals surface area contributed by atoms with Gasteiger partial charge in [0, 0.05) is 31.6 Å². The summed E-state index contributed by atoms with van der Waals surface area (Å²) in [4.78, 5) is 25.3. The van der Waals surface area contributed by atoms with Gasteiger partial charge in [-0.2, -0.15) is 0 Å². The highest BCUT2D eigenvalue weighted by Gasteiger charge is 2.30. The predicted molar refractivity (Wildman–Crippen MR) is 88.8 cm³/mol. The van der Waals surface area contributed by atoms with Gasteiger partial charge in [0.1, 0.15) is 0 Å². The molecule has 2 rings (SSSR count). The summed E-state index contributed by atoms with van der Waals surface area (Å²) < 4.78 is 0. The SMILES string of the molecule is CC(=O)N(CCC(=O)Nc1ccc(C(C)(C)C)cc1)C1CC1. The number of rotatable bonds is 5. The molecule has 2 amide bonds. The van der Waals surface area contributed by atoms with Crippen LogP contribution in [0, 0.1) is 0 Å². The molecule has 0 bridgehead atoms. The Labute approximate surface area is 132 Å². The molecule has 1 N–H and O–H groups in total. The van der Waals surface area contributed by atoms with Gasteiger partial charge in [-0.3, -0.25) is 9.59 Å². The minimum atomic E-state index is -0.0459. The summed E-state index contributed by atoms with van der Waals surface area (Å²) in [6.45, 7) is 8.56. The van der Waals surface area contributed by atoms with Gasteiger partial charge in [0.25, 0.3) is 0 Å². The molecule has 1 aromatic rings. The highest BCUT2D eigenvalue weighted by atomic mass is 16.2. The van der Waals surface area contributed by atoms with Crippen LogP contribution in [0.25, 0.3) is 0 Å². The molecule has 22 heavy (non-hydrogen) atoms. The van der Waals surface area contributed by atoms with Crippen LogP contribution in [-0.2, 0) is 15.0 Å². The Hall–Kier alpha value is -1.84. The lowest BCUT2D eigenvalue weighted by Gasteiger charge is -2.20. The quantitative estimate of drug-likeness (QED) is 0.907. The lowest BCUT2D eigenvalue weighted by molar-refractivity contribution is -0.129. The maximum atomic E-state index is 12.0. The number of benzene rings is 1. The maximum absolute atomic E-state index is 12.0. The van der Waals surface area contributed by atoms with Crippen LogP contribution >= 0.6 is 0 Å². The minimum absolute atomic E-state index is 0.0459. The van der Waals surface area contributed by atoms with Crippen molar-refractivity contribution in [3.05, 3.63) is 29.8 Å². The topological polar surface area (TPSA) is 49.4 Å². The van der Waals surface area contributed by atoms with E-state index >= 15 is 0 Å². The third kappa shape index (κ3) is 4.58. The lowest BCUT2D eigenvalue weighted by atomic mass is 9.87. The van der Waals surface area contributed by atoms with Gasteiger partial charge in [0.05, 0.1) is 0 Å². The summed E-state index contributed by atoms with van der Waals surface area (Å²) in [7, 11) is 0. The fourth-order valence-corrected chi connectivity index (χ4v) is 2.48. The zero-order chi connectivity index (χ0) is 16.3. The normalized spacial score (nSPS) is 14.5. The Balaban J connectivity index is 1.85. The van der Waals surface area contributed by atoms with Gasteiger partial charge in [-0.15, -0.1) is 0 Å². The van der Waals surface area contributed by atoms with Crippen LogP contribution in [0.4, 0.5) is 5.69 Å². The first kappa shape index (κ1) is 16.5. The molecule has 0 radical (unpaired) electrons. The molecule has 0 heterocycles. The number of anilines is 1. The first-order chi connectivity index (χ1) is 10.3. The van der Waals surface area contributed by atoms with E-state index in [4.69, 9.17) is 0 Å². The zero-order valence-electron chi connectivity index (χ0n) is 14.0. The molecule has 1 saturated carbocycles. The van der Waals surface area contributed by atoms with Crippen molar-refractivity contribution in [2.24, 2.45) is 0 Å². The minimum Gasteiger partial charge on any atom is -0.339 e. The van der Waals surface area contributed by atoms with Gasteiger partial charge in [-0.05, 0) is 36.0 Å². The number of carbonyl (C=O) groups excluding carboxylic acids is 2. The van der Waals surface area contributed by atoms with Crippen LogP contribution < -0.4 is 5.32 Å². The molecule has 4 nitrogen and oxygen atoms in total. The second-order valence-corrected chi connectivity index (χ2v) is 7.07. The standard InChI is InChI=1S/C18H26N2O2/c1-13(21)20(16-9-10-16)12-11-17(22)19-15-7-5-14(6-8-15)18(2,3)4/h5-8,16H,9-12H2,1-4H3,(H,19,22). The molecule has 120 valence electrons. The van der Waals surface area contributed by atoms with Crippen LogP contribution in [0.3, 0.4) is 0 Å². The van der Waals surface area contributed by atoms with E-state index in [1.807, 2.05) is 29.2 Å². The van der Waals surface area contributed by atoms with Gasteiger partial charge in [-0.25, -0.2) is 0 Å². The number of hydrogen-bond donors (Lipinski definition) is 1. The summed E-state index contributed by atoms with van der Waals surface area (Å²) in [6, 6.07) is 8.31. The number of nitrogens with one attached hydrogen (secondary N) is 1. The Kier molecular flexibility index (Phi) is 4.89. The Morgan fingerprint density at radius 3 is 2.23 bits per heavy atom. The van der Waals surface area contributed by atoms with Crippen molar-refractivity contribution in [2.45, 2.75) is 58.4 Å². The van der Waals surface area contributed by atoms with Crippen molar-refractivity contribution < 1.29 is 9.59 Å². The number of amides is 2. The molecule has 0 atom stereocenters. The van der Waals surface area contributed by atoms with Gasteiger partial charge < -0.3 is 10.2 Å². The monoisotopic (exact) mass is 302 g/mol. The molecule has 1 aliphatic rings. The van der Waals surface area contributed by atoms with Gasteiger partial charge >= 0.3 is 0 Å². The second-order valence-electron chi connectivity index (χ2n) is 7.07. The average Bonchev–Trinajstić information content (AvgIpc) is 3.22. The van der Waals surface area contributed by atoms with Crippen molar-refractivity contribution in [1.29, 1.82) is 0 Å². The molecule has 4 heteroatoms. The average molecular weight is 302 g/mol. The third-order valence-corrected chi connectivity index (χ3v) is 4.01. The van der Waals surface area contributed by atoms with E-state index in [0.717, 1.165) is 18.5 Å².